The van der Waals surface area contributed by atoms with Crippen molar-refractivity contribution in [2.24, 2.45) is 0 Å². The van der Waals surface area contributed by atoms with Crippen LogP contribution < -0.4 is 10.0 Å². The smallest absolute Gasteiger partial charge is 0.261 e. The van der Waals surface area contributed by atoms with E-state index in [1.807, 2.05) is 4.90 Å². The van der Waals surface area contributed by atoms with Gasteiger partial charge in [-0.3, -0.25) is 9.52 Å². The molecule has 2 fully saturated rings. The standard InChI is InChI=1S/C20H23N3O3S/c24-20(23-12-11-16-9-10-18(14-23)21-16)15-5-4-6-17(13-15)22-27(25,26)19-7-2-1-3-8-19/h1-8,13,16,18,21-22H,9-12,14H2. The van der Waals surface area contributed by atoms with E-state index in [1.54, 1.807) is 42.5 Å². The van der Waals surface area contributed by atoms with Crippen molar-refractivity contribution in [1.82, 2.24) is 10.2 Å². The van der Waals surface area contributed by atoms with Gasteiger partial charge >= 0.3 is 0 Å². The maximum Gasteiger partial charge on any atom is 0.261 e. The molecule has 2 aromatic carbocycles. The molecule has 2 unspecified atom stereocenters. The van der Waals surface area contributed by atoms with Gasteiger partial charge in [0.1, 0.15) is 0 Å². The van der Waals surface area contributed by atoms with Gasteiger partial charge in [-0.15, -0.1) is 0 Å². The summed E-state index contributed by atoms with van der Waals surface area (Å²) in [5.41, 5.74) is 0.889. The third kappa shape index (κ3) is 3.99. The van der Waals surface area contributed by atoms with Gasteiger partial charge in [-0.25, -0.2) is 8.42 Å². The van der Waals surface area contributed by atoms with E-state index in [9.17, 15) is 13.2 Å². The highest BCUT2D eigenvalue weighted by molar-refractivity contribution is 7.92. The van der Waals surface area contributed by atoms with Gasteiger partial charge in [-0.05, 0) is 49.6 Å². The first kappa shape index (κ1) is 18.0. The molecule has 0 saturated carbocycles. The Bertz CT molecular complexity index is 930. The number of anilines is 1. The zero-order valence-electron chi connectivity index (χ0n) is 15.0. The van der Waals surface area contributed by atoms with Crippen molar-refractivity contribution in [1.29, 1.82) is 0 Å². The second-order valence-electron chi connectivity index (χ2n) is 7.18. The fourth-order valence-corrected chi connectivity index (χ4v) is 4.91. The largest absolute Gasteiger partial charge is 0.337 e. The molecule has 0 aliphatic carbocycles. The number of fused-ring (bicyclic) bond motifs is 2. The van der Waals surface area contributed by atoms with Crippen LogP contribution in [0.2, 0.25) is 0 Å². The number of hydrogen-bond acceptors (Lipinski definition) is 4. The van der Waals surface area contributed by atoms with Gasteiger partial charge in [0.2, 0.25) is 0 Å². The molecule has 2 heterocycles. The summed E-state index contributed by atoms with van der Waals surface area (Å²) in [5.74, 6) is -0.0508. The quantitative estimate of drug-likeness (QED) is 0.847. The van der Waals surface area contributed by atoms with Crippen LogP contribution in [-0.4, -0.2) is 44.4 Å². The van der Waals surface area contributed by atoms with Crippen molar-refractivity contribution in [3.8, 4) is 0 Å². The average Bonchev–Trinajstić information content (AvgIpc) is 3.00. The third-order valence-electron chi connectivity index (χ3n) is 5.23. The molecule has 6 nitrogen and oxygen atoms in total. The first-order valence-corrected chi connectivity index (χ1v) is 10.7. The summed E-state index contributed by atoms with van der Waals surface area (Å²) in [4.78, 5) is 15.0. The van der Waals surface area contributed by atoms with Gasteiger partial charge in [0.15, 0.2) is 0 Å². The number of rotatable bonds is 4. The van der Waals surface area contributed by atoms with Gasteiger partial charge in [-0.2, -0.15) is 0 Å². The number of benzene rings is 2. The lowest BCUT2D eigenvalue weighted by Gasteiger charge is -2.24. The lowest BCUT2D eigenvalue weighted by Crippen LogP contribution is -2.39. The van der Waals surface area contributed by atoms with Gasteiger partial charge in [-0.1, -0.05) is 24.3 Å². The molecule has 0 spiro atoms. The van der Waals surface area contributed by atoms with Crippen molar-refractivity contribution in [3.63, 3.8) is 0 Å². The normalized spacial score (nSPS) is 22.3. The minimum absolute atomic E-state index is 0.0508. The van der Waals surface area contributed by atoms with Crippen LogP contribution in [-0.2, 0) is 10.0 Å². The molecule has 2 saturated heterocycles. The maximum absolute atomic E-state index is 12.9. The summed E-state index contributed by atoms with van der Waals surface area (Å²) in [6.07, 6.45) is 3.25. The lowest BCUT2D eigenvalue weighted by molar-refractivity contribution is 0.0748. The predicted molar refractivity (Wildman–Crippen MR) is 104 cm³/mol. The monoisotopic (exact) mass is 385 g/mol. The minimum atomic E-state index is -3.68. The van der Waals surface area contributed by atoms with Crippen LogP contribution in [0.1, 0.15) is 29.6 Å². The zero-order chi connectivity index (χ0) is 18.9. The average molecular weight is 385 g/mol. The van der Waals surface area contributed by atoms with E-state index >= 15 is 0 Å². The Morgan fingerprint density at radius 3 is 2.59 bits per heavy atom. The number of sulfonamides is 1. The van der Waals surface area contributed by atoms with Crippen LogP contribution in [0.3, 0.4) is 0 Å². The molecule has 2 aromatic rings. The van der Waals surface area contributed by atoms with Gasteiger partial charge in [0.05, 0.1) is 4.90 Å². The van der Waals surface area contributed by atoms with E-state index in [0.717, 1.165) is 19.4 Å². The summed E-state index contributed by atoms with van der Waals surface area (Å²) in [6.45, 7) is 1.43. The Hall–Kier alpha value is -2.38. The van der Waals surface area contributed by atoms with Crippen molar-refractivity contribution in [2.45, 2.75) is 36.2 Å². The van der Waals surface area contributed by atoms with Gasteiger partial charge in [0, 0.05) is 36.4 Å². The van der Waals surface area contributed by atoms with Gasteiger partial charge < -0.3 is 10.2 Å². The number of hydrogen-bond donors (Lipinski definition) is 2. The van der Waals surface area contributed by atoms with Crippen molar-refractivity contribution in [3.05, 3.63) is 60.2 Å². The highest BCUT2D eigenvalue weighted by atomic mass is 32.2. The molecule has 27 heavy (non-hydrogen) atoms. The Balaban J connectivity index is 1.51. The summed E-state index contributed by atoms with van der Waals surface area (Å²) in [6, 6.07) is 15.8. The second kappa shape index (κ2) is 7.32. The molecule has 4 rings (SSSR count). The molecular formula is C20H23N3O3S. The molecule has 2 atom stereocenters. The minimum Gasteiger partial charge on any atom is -0.337 e. The molecular weight excluding hydrogens is 362 g/mol. The molecule has 0 radical (unpaired) electrons. The summed E-state index contributed by atoms with van der Waals surface area (Å²) in [5, 5.41) is 3.56. The number of nitrogens with one attached hydrogen (secondary N) is 2. The van der Waals surface area contributed by atoms with Crippen LogP contribution >= 0.6 is 0 Å². The van der Waals surface area contributed by atoms with Gasteiger partial charge in [0.25, 0.3) is 15.9 Å². The van der Waals surface area contributed by atoms with Crippen molar-refractivity contribution >= 4 is 21.6 Å². The second-order valence-corrected chi connectivity index (χ2v) is 8.86. The number of amides is 1. The molecule has 2 bridgehead atoms. The summed E-state index contributed by atoms with van der Waals surface area (Å²) in [7, 11) is -3.68. The number of likely N-dealkylation sites (tertiary alicyclic amines) is 1. The van der Waals surface area contributed by atoms with Crippen molar-refractivity contribution in [2.75, 3.05) is 17.8 Å². The van der Waals surface area contributed by atoms with E-state index in [4.69, 9.17) is 0 Å². The van der Waals surface area contributed by atoms with Crippen LogP contribution in [0.25, 0.3) is 0 Å². The van der Waals surface area contributed by atoms with E-state index in [-0.39, 0.29) is 10.8 Å². The Morgan fingerprint density at radius 2 is 1.78 bits per heavy atom. The molecule has 0 aromatic heterocycles. The Kier molecular flexibility index (Phi) is 4.88. The zero-order valence-corrected chi connectivity index (χ0v) is 15.8. The van der Waals surface area contributed by atoms with Crippen LogP contribution in [0.4, 0.5) is 5.69 Å². The fourth-order valence-electron chi connectivity index (χ4n) is 3.84. The SMILES string of the molecule is O=C(c1cccc(NS(=O)(=O)c2ccccc2)c1)N1CCC2CCC(C1)N2. The van der Waals surface area contributed by atoms with Crippen LogP contribution in [0, 0.1) is 0 Å². The van der Waals surface area contributed by atoms with E-state index in [0.29, 0.717) is 29.9 Å². The van der Waals surface area contributed by atoms with E-state index in [1.165, 1.54) is 18.6 Å². The molecule has 1 amide bonds. The van der Waals surface area contributed by atoms with E-state index < -0.39 is 10.0 Å². The first-order chi connectivity index (χ1) is 13.0. The lowest BCUT2D eigenvalue weighted by atomic mass is 10.1. The summed E-state index contributed by atoms with van der Waals surface area (Å²) < 4.78 is 27.6. The number of nitrogens with zero attached hydrogens (tertiary/aromatic N) is 1. The molecule has 142 valence electrons. The summed E-state index contributed by atoms with van der Waals surface area (Å²) >= 11 is 0. The molecule has 2 aliphatic heterocycles. The molecule has 2 aliphatic rings. The Labute approximate surface area is 159 Å². The molecule has 2 N–H and O–H groups in total. The topological polar surface area (TPSA) is 78.5 Å². The first-order valence-electron chi connectivity index (χ1n) is 9.24. The highest BCUT2D eigenvalue weighted by Gasteiger charge is 2.31. The highest BCUT2D eigenvalue weighted by Crippen LogP contribution is 2.23. The number of carbonyl (C=O) groups is 1. The number of carbonyl (C=O) groups excluding carboxylic acids is 1. The van der Waals surface area contributed by atoms with Crippen LogP contribution in [0.15, 0.2) is 59.5 Å². The van der Waals surface area contributed by atoms with E-state index in [2.05, 4.69) is 10.0 Å². The Morgan fingerprint density at radius 1 is 1.00 bits per heavy atom. The van der Waals surface area contributed by atoms with Crippen LogP contribution in [0.5, 0.6) is 0 Å². The maximum atomic E-state index is 12.9. The third-order valence-corrected chi connectivity index (χ3v) is 6.62. The van der Waals surface area contributed by atoms with Crippen molar-refractivity contribution < 1.29 is 13.2 Å². The molecule has 7 heteroatoms. The predicted octanol–water partition coefficient (Wildman–Crippen LogP) is 2.45. The fraction of sp³-hybridized carbons (Fsp3) is 0.350.